The van der Waals surface area contributed by atoms with Crippen molar-refractivity contribution in [1.29, 1.82) is 0 Å². The van der Waals surface area contributed by atoms with E-state index >= 15 is 0 Å². The summed E-state index contributed by atoms with van der Waals surface area (Å²) in [7, 11) is 0. The molecular formula is C14H9FOS. The molecule has 0 saturated carbocycles. The minimum atomic E-state index is -0.289. The molecule has 2 aromatic rings. The van der Waals surface area contributed by atoms with E-state index in [4.69, 9.17) is 0 Å². The van der Waals surface area contributed by atoms with Gasteiger partial charge in [-0.05, 0) is 35.9 Å². The molecule has 0 saturated heterocycles. The van der Waals surface area contributed by atoms with Gasteiger partial charge in [0.1, 0.15) is 5.82 Å². The lowest BCUT2D eigenvalue weighted by Crippen LogP contribution is -2.03. The van der Waals surface area contributed by atoms with Crippen LogP contribution in [0.25, 0.3) is 0 Å². The zero-order valence-electron chi connectivity index (χ0n) is 8.94. The van der Waals surface area contributed by atoms with Gasteiger partial charge in [-0.15, -0.1) is 11.8 Å². The van der Waals surface area contributed by atoms with E-state index in [2.05, 4.69) is 0 Å². The predicted molar refractivity (Wildman–Crippen MR) is 65.8 cm³/mol. The average Bonchev–Trinajstić information content (AvgIpc) is 2.48. The molecule has 84 valence electrons. The summed E-state index contributed by atoms with van der Waals surface area (Å²) in [5.41, 5.74) is 2.10. The molecule has 0 atom stereocenters. The Balaban J connectivity index is 2.20. The van der Waals surface area contributed by atoms with Crippen molar-refractivity contribution in [2.75, 3.05) is 0 Å². The number of halogens is 1. The largest absolute Gasteiger partial charge is 0.289 e. The van der Waals surface area contributed by atoms with Gasteiger partial charge in [0.15, 0.2) is 5.78 Å². The third-order valence-electron chi connectivity index (χ3n) is 2.83. The summed E-state index contributed by atoms with van der Waals surface area (Å²) in [5.74, 6) is 0.333. The Labute approximate surface area is 103 Å². The molecule has 0 N–H and O–H groups in total. The van der Waals surface area contributed by atoms with E-state index in [1.807, 2.05) is 24.3 Å². The number of carbonyl (C=O) groups excluding carboxylic acids is 1. The van der Waals surface area contributed by atoms with Crippen molar-refractivity contribution in [3.8, 4) is 0 Å². The van der Waals surface area contributed by atoms with Crippen LogP contribution in [0.3, 0.4) is 0 Å². The maximum absolute atomic E-state index is 13.2. The van der Waals surface area contributed by atoms with Crippen molar-refractivity contribution in [3.63, 3.8) is 0 Å². The Morgan fingerprint density at radius 1 is 1.06 bits per heavy atom. The third-order valence-corrected chi connectivity index (χ3v) is 3.95. The van der Waals surface area contributed by atoms with Gasteiger partial charge in [0.25, 0.3) is 0 Å². The van der Waals surface area contributed by atoms with Gasteiger partial charge in [-0.3, -0.25) is 4.79 Å². The zero-order valence-corrected chi connectivity index (χ0v) is 9.76. The van der Waals surface area contributed by atoms with Crippen LogP contribution in [0.15, 0.2) is 47.4 Å². The van der Waals surface area contributed by atoms with Crippen LogP contribution in [-0.2, 0) is 5.75 Å². The maximum Gasteiger partial charge on any atom is 0.194 e. The second-order valence-electron chi connectivity index (χ2n) is 3.92. The molecule has 3 heteroatoms. The first-order valence-corrected chi connectivity index (χ1v) is 6.29. The molecule has 0 radical (unpaired) electrons. The van der Waals surface area contributed by atoms with E-state index in [1.54, 1.807) is 17.8 Å². The summed E-state index contributed by atoms with van der Waals surface area (Å²) < 4.78 is 13.2. The fourth-order valence-corrected chi connectivity index (χ4v) is 3.02. The van der Waals surface area contributed by atoms with Crippen LogP contribution in [0.1, 0.15) is 21.5 Å². The Morgan fingerprint density at radius 2 is 1.88 bits per heavy atom. The number of carbonyl (C=O) groups is 1. The molecule has 3 rings (SSSR count). The third kappa shape index (κ3) is 1.76. The molecule has 0 amide bonds. The number of hydrogen-bond donors (Lipinski definition) is 0. The number of rotatable bonds is 0. The minimum Gasteiger partial charge on any atom is -0.289 e. The van der Waals surface area contributed by atoms with Crippen LogP contribution in [0.2, 0.25) is 0 Å². The SMILES string of the molecule is O=C1c2ccc(F)cc2CSc2ccccc21. The number of hydrogen-bond acceptors (Lipinski definition) is 2. The summed E-state index contributed by atoms with van der Waals surface area (Å²) in [6, 6.07) is 11.9. The first-order chi connectivity index (χ1) is 8.25. The molecule has 0 aliphatic carbocycles. The van der Waals surface area contributed by atoms with Gasteiger partial charge >= 0.3 is 0 Å². The number of benzene rings is 2. The smallest absolute Gasteiger partial charge is 0.194 e. The van der Waals surface area contributed by atoms with Crippen molar-refractivity contribution in [3.05, 3.63) is 65.0 Å². The van der Waals surface area contributed by atoms with Gasteiger partial charge in [-0.1, -0.05) is 12.1 Å². The van der Waals surface area contributed by atoms with Gasteiger partial charge in [0.05, 0.1) is 0 Å². The lowest BCUT2D eigenvalue weighted by molar-refractivity contribution is 0.103. The van der Waals surface area contributed by atoms with Crippen LogP contribution >= 0.6 is 11.8 Å². The number of ketones is 1. The van der Waals surface area contributed by atoms with E-state index in [0.29, 0.717) is 16.9 Å². The summed E-state index contributed by atoms with van der Waals surface area (Å²) in [4.78, 5) is 13.3. The first kappa shape index (κ1) is 10.5. The topological polar surface area (TPSA) is 17.1 Å². The molecule has 0 unspecified atom stereocenters. The van der Waals surface area contributed by atoms with Gasteiger partial charge in [-0.25, -0.2) is 4.39 Å². The Kier molecular flexibility index (Phi) is 2.48. The molecule has 0 spiro atoms. The first-order valence-electron chi connectivity index (χ1n) is 5.30. The van der Waals surface area contributed by atoms with Crippen LogP contribution in [-0.4, -0.2) is 5.78 Å². The number of fused-ring (bicyclic) bond motifs is 2. The van der Waals surface area contributed by atoms with Gasteiger partial charge in [0, 0.05) is 21.8 Å². The van der Waals surface area contributed by atoms with Crippen molar-refractivity contribution < 1.29 is 9.18 Å². The predicted octanol–water partition coefficient (Wildman–Crippen LogP) is 3.66. The Morgan fingerprint density at radius 3 is 2.76 bits per heavy atom. The van der Waals surface area contributed by atoms with Crippen LogP contribution in [0, 0.1) is 5.82 Å². The fraction of sp³-hybridized carbons (Fsp3) is 0.0714. The van der Waals surface area contributed by atoms with E-state index in [1.165, 1.54) is 12.1 Å². The van der Waals surface area contributed by atoms with E-state index in [-0.39, 0.29) is 11.6 Å². The molecule has 1 aliphatic rings. The molecule has 2 aromatic carbocycles. The van der Waals surface area contributed by atoms with Crippen LogP contribution < -0.4 is 0 Å². The fourth-order valence-electron chi connectivity index (χ4n) is 1.98. The highest BCUT2D eigenvalue weighted by Crippen LogP contribution is 2.33. The highest BCUT2D eigenvalue weighted by atomic mass is 32.2. The van der Waals surface area contributed by atoms with Crippen molar-refractivity contribution in [1.82, 2.24) is 0 Å². The second kappa shape index (κ2) is 4.00. The lowest BCUT2D eigenvalue weighted by Gasteiger charge is -2.03. The van der Waals surface area contributed by atoms with E-state index in [9.17, 15) is 9.18 Å². The van der Waals surface area contributed by atoms with Gasteiger partial charge in [-0.2, -0.15) is 0 Å². The lowest BCUT2D eigenvalue weighted by atomic mass is 9.99. The highest BCUT2D eigenvalue weighted by Gasteiger charge is 2.21. The highest BCUT2D eigenvalue weighted by molar-refractivity contribution is 7.98. The zero-order chi connectivity index (χ0) is 11.8. The Bertz CT molecular complexity index is 607. The molecule has 1 aliphatic heterocycles. The van der Waals surface area contributed by atoms with Crippen molar-refractivity contribution in [2.24, 2.45) is 0 Å². The molecule has 17 heavy (non-hydrogen) atoms. The molecule has 0 aromatic heterocycles. The summed E-state index contributed by atoms with van der Waals surface area (Å²) in [6.45, 7) is 0. The minimum absolute atomic E-state index is 0.0133. The summed E-state index contributed by atoms with van der Waals surface area (Å²) in [5, 5.41) is 0. The number of thioether (sulfide) groups is 1. The maximum atomic E-state index is 13.2. The summed E-state index contributed by atoms with van der Waals surface area (Å²) in [6.07, 6.45) is 0. The normalized spacial score (nSPS) is 13.8. The quantitative estimate of drug-likeness (QED) is 0.703. The molecule has 1 heterocycles. The monoisotopic (exact) mass is 244 g/mol. The van der Waals surface area contributed by atoms with Crippen molar-refractivity contribution >= 4 is 17.5 Å². The van der Waals surface area contributed by atoms with Crippen LogP contribution in [0.5, 0.6) is 0 Å². The van der Waals surface area contributed by atoms with Gasteiger partial charge in [0.2, 0.25) is 0 Å². The van der Waals surface area contributed by atoms with E-state index < -0.39 is 0 Å². The van der Waals surface area contributed by atoms with E-state index in [0.717, 1.165) is 10.5 Å². The second-order valence-corrected chi connectivity index (χ2v) is 4.93. The molecule has 0 fully saturated rings. The van der Waals surface area contributed by atoms with Gasteiger partial charge < -0.3 is 0 Å². The molecular weight excluding hydrogens is 235 g/mol. The molecule has 0 bridgehead atoms. The summed E-state index contributed by atoms with van der Waals surface area (Å²) >= 11 is 1.58. The standard InChI is InChI=1S/C14H9FOS/c15-10-5-6-11-9(7-10)8-17-13-4-2-1-3-12(13)14(11)16/h1-7H,8H2. The van der Waals surface area contributed by atoms with Crippen molar-refractivity contribution in [2.45, 2.75) is 10.6 Å². The average molecular weight is 244 g/mol. The molecule has 1 nitrogen and oxygen atoms in total. The van der Waals surface area contributed by atoms with Crippen LogP contribution in [0.4, 0.5) is 4.39 Å². The Hall–Kier alpha value is -1.61.